The number of rotatable bonds is 5. The van der Waals surface area contributed by atoms with Gasteiger partial charge in [0.2, 0.25) is 5.91 Å². The molecule has 5 nitrogen and oxygen atoms in total. The van der Waals surface area contributed by atoms with Crippen molar-refractivity contribution in [2.45, 2.75) is 70.1 Å². The Bertz CT molecular complexity index is 477. The molecule has 3 heterocycles. The van der Waals surface area contributed by atoms with Crippen LogP contribution in [0.1, 0.15) is 52.4 Å². The maximum Gasteiger partial charge on any atom is 0.225 e. The summed E-state index contributed by atoms with van der Waals surface area (Å²) < 4.78 is 12.0. The topological polar surface area (TPSA) is 42.0 Å². The van der Waals surface area contributed by atoms with Gasteiger partial charge in [-0.15, -0.1) is 0 Å². The van der Waals surface area contributed by atoms with Crippen molar-refractivity contribution in [2.24, 2.45) is 11.8 Å². The monoisotopic (exact) mass is 350 g/mol. The largest absolute Gasteiger partial charge is 0.381 e. The van der Waals surface area contributed by atoms with Crippen LogP contribution in [0.3, 0.4) is 0 Å². The fourth-order valence-corrected chi connectivity index (χ4v) is 4.96. The van der Waals surface area contributed by atoms with Crippen LogP contribution in [0.5, 0.6) is 0 Å². The van der Waals surface area contributed by atoms with E-state index in [1.54, 1.807) is 0 Å². The first kappa shape index (κ1) is 17.7. The molecule has 0 N–H and O–H groups in total. The highest BCUT2D eigenvalue weighted by atomic mass is 16.5. The highest BCUT2D eigenvalue weighted by molar-refractivity contribution is 5.78. The van der Waals surface area contributed by atoms with Gasteiger partial charge in [0.05, 0.1) is 11.6 Å². The van der Waals surface area contributed by atoms with Gasteiger partial charge in [-0.2, -0.15) is 0 Å². The normalized spacial score (nSPS) is 30.7. The summed E-state index contributed by atoms with van der Waals surface area (Å²) in [5.41, 5.74) is 0.210. The van der Waals surface area contributed by atoms with E-state index in [-0.39, 0.29) is 11.5 Å². The SMILES string of the molecule is CC(C)C(=O)N1CCC(N2CC(OCC3CC3)C23CCOCC3)CC1. The average Bonchev–Trinajstić information content (AvgIpc) is 3.45. The van der Waals surface area contributed by atoms with E-state index in [1.165, 1.54) is 12.8 Å². The highest BCUT2D eigenvalue weighted by Crippen LogP contribution is 2.45. The Balaban J connectivity index is 1.36. The minimum absolute atomic E-state index is 0.114. The van der Waals surface area contributed by atoms with Crippen LogP contribution in [0.2, 0.25) is 0 Å². The first-order valence-corrected chi connectivity index (χ1v) is 10.3. The van der Waals surface area contributed by atoms with Crippen LogP contribution in [0.15, 0.2) is 0 Å². The van der Waals surface area contributed by atoms with Crippen molar-refractivity contribution in [3.05, 3.63) is 0 Å². The minimum Gasteiger partial charge on any atom is -0.381 e. The fourth-order valence-electron chi connectivity index (χ4n) is 4.96. The van der Waals surface area contributed by atoms with Crippen molar-refractivity contribution < 1.29 is 14.3 Å². The molecule has 0 aromatic rings. The summed E-state index contributed by atoms with van der Waals surface area (Å²) in [4.78, 5) is 17.0. The van der Waals surface area contributed by atoms with Crippen LogP contribution in [0.4, 0.5) is 0 Å². The predicted octanol–water partition coefficient (Wildman–Crippen LogP) is 2.29. The van der Waals surface area contributed by atoms with E-state index in [0.29, 0.717) is 18.1 Å². The summed E-state index contributed by atoms with van der Waals surface area (Å²) >= 11 is 0. The van der Waals surface area contributed by atoms with Crippen LogP contribution in [-0.2, 0) is 14.3 Å². The zero-order valence-electron chi connectivity index (χ0n) is 15.9. The number of carbonyl (C=O) groups excluding carboxylic acids is 1. The molecule has 1 atom stereocenters. The maximum absolute atomic E-state index is 12.2. The van der Waals surface area contributed by atoms with Gasteiger partial charge in [0.1, 0.15) is 0 Å². The van der Waals surface area contributed by atoms with E-state index in [4.69, 9.17) is 9.47 Å². The lowest BCUT2D eigenvalue weighted by atomic mass is 9.73. The molecule has 0 aromatic carbocycles. The molecule has 4 fully saturated rings. The Morgan fingerprint density at radius 1 is 1.16 bits per heavy atom. The van der Waals surface area contributed by atoms with E-state index in [9.17, 15) is 4.79 Å². The lowest BCUT2D eigenvalue weighted by Gasteiger charge is -2.63. The molecule has 1 unspecified atom stereocenters. The molecular weight excluding hydrogens is 316 g/mol. The molecule has 3 aliphatic heterocycles. The van der Waals surface area contributed by atoms with E-state index < -0.39 is 0 Å². The third-order valence-corrected chi connectivity index (χ3v) is 6.83. The standard InChI is InChI=1S/C20H34N2O3/c1-15(2)19(23)21-9-5-17(6-10-21)22-13-18(25-14-16-3-4-16)20(22)7-11-24-12-8-20/h15-18H,3-14H2,1-2H3. The summed E-state index contributed by atoms with van der Waals surface area (Å²) in [7, 11) is 0. The van der Waals surface area contributed by atoms with Gasteiger partial charge in [-0.05, 0) is 44.4 Å². The molecule has 0 radical (unpaired) electrons. The second-order valence-electron chi connectivity index (χ2n) is 8.84. The molecule has 0 bridgehead atoms. The summed E-state index contributed by atoms with van der Waals surface area (Å²) in [5.74, 6) is 1.26. The van der Waals surface area contributed by atoms with E-state index in [2.05, 4.69) is 9.80 Å². The predicted molar refractivity (Wildman–Crippen MR) is 96.4 cm³/mol. The van der Waals surface area contributed by atoms with E-state index in [1.807, 2.05) is 13.8 Å². The maximum atomic E-state index is 12.2. The number of hydrogen-bond acceptors (Lipinski definition) is 4. The molecule has 4 rings (SSSR count). The van der Waals surface area contributed by atoms with Gasteiger partial charge >= 0.3 is 0 Å². The Hall–Kier alpha value is -0.650. The first-order valence-electron chi connectivity index (χ1n) is 10.3. The molecule has 4 aliphatic rings. The van der Waals surface area contributed by atoms with Crippen LogP contribution < -0.4 is 0 Å². The van der Waals surface area contributed by atoms with Gasteiger partial charge in [0.25, 0.3) is 0 Å². The third kappa shape index (κ3) is 3.47. The Morgan fingerprint density at radius 2 is 1.84 bits per heavy atom. The Morgan fingerprint density at radius 3 is 2.44 bits per heavy atom. The number of amides is 1. The van der Waals surface area contributed by atoms with Crippen molar-refractivity contribution in [1.82, 2.24) is 9.80 Å². The van der Waals surface area contributed by atoms with Gasteiger partial charge in [-0.1, -0.05) is 13.8 Å². The number of likely N-dealkylation sites (tertiary alicyclic amines) is 2. The average molecular weight is 351 g/mol. The number of piperidine rings is 1. The zero-order valence-corrected chi connectivity index (χ0v) is 15.9. The van der Waals surface area contributed by atoms with Gasteiger partial charge in [-0.25, -0.2) is 0 Å². The molecule has 1 amide bonds. The lowest BCUT2D eigenvalue weighted by Crippen LogP contribution is -2.76. The smallest absolute Gasteiger partial charge is 0.225 e. The van der Waals surface area contributed by atoms with E-state index >= 15 is 0 Å². The molecule has 1 aliphatic carbocycles. The van der Waals surface area contributed by atoms with Crippen molar-refractivity contribution in [3.63, 3.8) is 0 Å². The van der Waals surface area contributed by atoms with Crippen LogP contribution in [0, 0.1) is 11.8 Å². The Labute approximate surface area is 152 Å². The second kappa shape index (κ2) is 7.16. The molecule has 1 spiro atoms. The minimum atomic E-state index is 0.114. The van der Waals surface area contributed by atoms with Crippen molar-refractivity contribution >= 4 is 5.91 Å². The summed E-state index contributed by atoms with van der Waals surface area (Å²) in [6.07, 6.45) is 7.53. The molecular formula is C20H34N2O3. The van der Waals surface area contributed by atoms with Gasteiger partial charge in [0, 0.05) is 51.4 Å². The van der Waals surface area contributed by atoms with Crippen molar-refractivity contribution in [1.29, 1.82) is 0 Å². The number of nitrogens with zero attached hydrogens (tertiary/aromatic N) is 2. The summed E-state index contributed by atoms with van der Waals surface area (Å²) in [6.45, 7) is 9.61. The molecule has 1 saturated carbocycles. The summed E-state index contributed by atoms with van der Waals surface area (Å²) in [6, 6.07) is 0.607. The second-order valence-corrected chi connectivity index (χ2v) is 8.84. The summed E-state index contributed by atoms with van der Waals surface area (Å²) in [5, 5.41) is 0. The van der Waals surface area contributed by atoms with Crippen molar-refractivity contribution in [3.8, 4) is 0 Å². The van der Waals surface area contributed by atoms with E-state index in [0.717, 1.165) is 71.1 Å². The quantitative estimate of drug-likeness (QED) is 0.763. The van der Waals surface area contributed by atoms with Gasteiger partial charge in [-0.3, -0.25) is 9.69 Å². The number of hydrogen-bond donors (Lipinski definition) is 0. The van der Waals surface area contributed by atoms with Gasteiger partial charge < -0.3 is 14.4 Å². The molecule has 5 heteroatoms. The highest BCUT2D eigenvalue weighted by Gasteiger charge is 2.57. The lowest BCUT2D eigenvalue weighted by molar-refractivity contribution is -0.218. The molecule has 25 heavy (non-hydrogen) atoms. The molecule has 0 aromatic heterocycles. The Kier molecular flexibility index (Phi) is 5.09. The zero-order chi connectivity index (χ0) is 17.4. The number of ether oxygens (including phenoxy) is 2. The number of carbonyl (C=O) groups is 1. The van der Waals surface area contributed by atoms with Crippen LogP contribution >= 0.6 is 0 Å². The third-order valence-electron chi connectivity index (χ3n) is 6.83. The van der Waals surface area contributed by atoms with Gasteiger partial charge in [0.15, 0.2) is 0 Å². The fraction of sp³-hybridized carbons (Fsp3) is 0.950. The van der Waals surface area contributed by atoms with Crippen LogP contribution in [-0.4, -0.2) is 72.8 Å². The first-order chi connectivity index (χ1) is 12.1. The molecule has 3 saturated heterocycles. The van der Waals surface area contributed by atoms with Crippen molar-refractivity contribution in [2.75, 3.05) is 39.5 Å². The molecule has 142 valence electrons. The van der Waals surface area contributed by atoms with Crippen LogP contribution in [0.25, 0.3) is 0 Å².